The topological polar surface area (TPSA) is 77.3 Å². The molecule has 0 spiro atoms. The Morgan fingerprint density at radius 2 is 1.97 bits per heavy atom. The van der Waals surface area contributed by atoms with E-state index in [1.54, 1.807) is 30.4 Å². The van der Waals surface area contributed by atoms with Crippen molar-refractivity contribution in [3.05, 3.63) is 89.0 Å². The average molecular weight is 417 g/mol. The number of pyridine rings is 1. The van der Waals surface area contributed by atoms with Gasteiger partial charge in [0, 0.05) is 18.0 Å². The lowest BCUT2D eigenvalue weighted by molar-refractivity contribution is 0.284. The minimum absolute atomic E-state index is 0.389. The SMILES string of the molecule is COc1cc(C=Nn2c(-c3cccnc3)n[nH]c2=S)ccc1OCc1ccccc1. The highest BCUT2D eigenvalue weighted by Crippen LogP contribution is 2.28. The summed E-state index contributed by atoms with van der Waals surface area (Å²) >= 11 is 5.30. The van der Waals surface area contributed by atoms with Gasteiger partial charge in [0.15, 0.2) is 17.3 Å². The molecule has 2 heterocycles. The van der Waals surface area contributed by atoms with Crippen LogP contribution in [0.3, 0.4) is 0 Å². The summed E-state index contributed by atoms with van der Waals surface area (Å²) in [6.45, 7) is 0.462. The lowest BCUT2D eigenvalue weighted by Crippen LogP contribution is -1.99. The van der Waals surface area contributed by atoms with Gasteiger partial charge in [0.1, 0.15) is 6.61 Å². The lowest BCUT2D eigenvalue weighted by atomic mass is 10.2. The van der Waals surface area contributed by atoms with Crippen molar-refractivity contribution in [1.29, 1.82) is 0 Å². The first-order chi connectivity index (χ1) is 14.7. The van der Waals surface area contributed by atoms with Gasteiger partial charge in [0.05, 0.1) is 13.3 Å². The average Bonchev–Trinajstić information content (AvgIpc) is 3.18. The second-order valence-electron chi connectivity index (χ2n) is 6.34. The molecule has 150 valence electrons. The van der Waals surface area contributed by atoms with Crippen molar-refractivity contribution < 1.29 is 9.47 Å². The number of aromatic nitrogens is 4. The number of benzene rings is 2. The fourth-order valence-corrected chi connectivity index (χ4v) is 3.00. The zero-order valence-corrected chi connectivity index (χ0v) is 17.0. The van der Waals surface area contributed by atoms with Crippen LogP contribution in [0.15, 0.2) is 78.2 Å². The third-order valence-electron chi connectivity index (χ3n) is 4.32. The van der Waals surface area contributed by atoms with Crippen molar-refractivity contribution in [3.8, 4) is 22.9 Å². The van der Waals surface area contributed by atoms with E-state index >= 15 is 0 Å². The Bertz CT molecular complexity index is 1200. The second-order valence-corrected chi connectivity index (χ2v) is 6.72. The third-order valence-corrected chi connectivity index (χ3v) is 4.58. The Kier molecular flexibility index (Phi) is 5.95. The summed E-state index contributed by atoms with van der Waals surface area (Å²) in [6, 6.07) is 19.3. The molecular formula is C22H19N5O2S. The Hall–Kier alpha value is -3.78. The van der Waals surface area contributed by atoms with Crippen LogP contribution < -0.4 is 9.47 Å². The van der Waals surface area contributed by atoms with Crippen LogP contribution >= 0.6 is 12.2 Å². The molecule has 8 heteroatoms. The minimum Gasteiger partial charge on any atom is -0.493 e. The highest BCUT2D eigenvalue weighted by atomic mass is 32.1. The molecule has 0 radical (unpaired) electrons. The van der Waals surface area contributed by atoms with Crippen molar-refractivity contribution in [2.24, 2.45) is 5.10 Å². The zero-order chi connectivity index (χ0) is 20.8. The summed E-state index contributed by atoms with van der Waals surface area (Å²) in [5.74, 6) is 1.87. The molecule has 0 aliphatic rings. The van der Waals surface area contributed by atoms with Crippen molar-refractivity contribution in [1.82, 2.24) is 19.9 Å². The Labute approximate surface area is 178 Å². The van der Waals surface area contributed by atoms with Gasteiger partial charge in [0.25, 0.3) is 0 Å². The normalized spacial score (nSPS) is 11.0. The van der Waals surface area contributed by atoms with Crippen molar-refractivity contribution in [2.45, 2.75) is 6.61 Å². The Morgan fingerprint density at radius 3 is 2.73 bits per heavy atom. The highest BCUT2D eigenvalue weighted by molar-refractivity contribution is 7.71. The number of nitrogens with one attached hydrogen (secondary N) is 1. The number of nitrogens with zero attached hydrogens (tertiary/aromatic N) is 4. The number of H-pyrrole nitrogens is 1. The van der Waals surface area contributed by atoms with Crippen molar-refractivity contribution in [3.63, 3.8) is 0 Å². The third kappa shape index (κ3) is 4.44. The van der Waals surface area contributed by atoms with Crippen LogP contribution in [0, 0.1) is 4.77 Å². The molecule has 0 aliphatic carbocycles. The molecule has 2 aromatic carbocycles. The van der Waals surface area contributed by atoms with E-state index in [2.05, 4.69) is 20.3 Å². The largest absolute Gasteiger partial charge is 0.493 e. The van der Waals surface area contributed by atoms with Crippen LogP contribution in [-0.4, -0.2) is 33.2 Å². The predicted octanol–water partition coefficient (Wildman–Crippen LogP) is 4.47. The summed E-state index contributed by atoms with van der Waals surface area (Å²) in [7, 11) is 1.61. The fraction of sp³-hybridized carbons (Fsp3) is 0.0909. The van der Waals surface area contributed by atoms with Gasteiger partial charge in [-0.1, -0.05) is 30.3 Å². The summed E-state index contributed by atoms with van der Waals surface area (Å²) in [5, 5.41) is 11.5. The van der Waals surface area contributed by atoms with Crippen LogP contribution in [0.5, 0.6) is 11.5 Å². The minimum atomic E-state index is 0.389. The number of rotatable bonds is 7. The molecule has 0 fully saturated rings. The van der Waals surface area contributed by atoms with Gasteiger partial charge in [-0.2, -0.15) is 14.9 Å². The maximum Gasteiger partial charge on any atom is 0.216 e. The molecule has 0 atom stereocenters. The number of hydrogen-bond acceptors (Lipinski definition) is 6. The van der Waals surface area contributed by atoms with Crippen LogP contribution in [0.2, 0.25) is 0 Å². The van der Waals surface area contributed by atoms with Crippen molar-refractivity contribution >= 4 is 18.4 Å². The van der Waals surface area contributed by atoms with Crippen LogP contribution in [0.4, 0.5) is 0 Å². The molecule has 0 amide bonds. The molecule has 0 saturated carbocycles. The Morgan fingerprint density at radius 1 is 1.10 bits per heavy atom. The maximum absolute atomic E-state index is 5.90. The first-order valence-electron chi connectivity index (χ1n) is 9.21. The molecule has 0 bridgehead atoms. The number of aromatic amines is 1. The molecule has 0 saturated heterocycles. The maximum atomic E-state index is 5.90. The van der Waals surface area contributed by atoms with Gasteiger partial charge in [0.2, 0.25) is 4.77 Å². The number of ether oxygens (including phenoxy) is 2. The molecule has 2 aromatic heterocycles. The highest BCUT2D eigenvalue weighted by Gasteiger charge is 2.09. The first kappa shape index (κ1) is 19.5. The van der Waals surface area contributed by atoms with Gasteiger partial charge in [-0.25, -0.2) is 5.10 Å². The molecular weight excluding hydrogens is 398 g/mol. The zero-order valence-electron chi connectivity index (χ0n) is 16.2. The van der Waals surface area contributed by atoms with E-state index in [1.807, 2.05) is 60.7 Å². The van der Waals surface area contributed by atoms with E-state index < -0.39 is 0 Å². The standard InChI is InChI=1S/C22H19N5O2S/c1-28-20-12-17(9-10-19(20)29-15-16-6-3-2-4-7-16)13-24-27-21(25-26-22(27)30)18-8-5-11-23-14-18/h2-14H,15H2,1H3,(H,26,30). The van der Waals surface area contributed by atoms with E-state index in [4.69, 9.17) is 21.7 Å². The number of hydrogen-bond donors (Lipinski definition) is 1. The monoisotopic (exact) mass is 417 g/mol. The first-order valence-corrected chi connectivity index (χ1v) is 9.62. The van der Waals surface area contributed by atoms with E-state index in [9.17, 15) is 0 Å². The second kappa shape index (κ2) is 9.15. The fourth-order valence-electron chi connectivity index (χ4n) is 2.82. The molecule has 0 unspecified atom stereocenters. The van der Waals surface area contributed by atoms with E-state index in [0.717, 1.165) is 16.7 Å². The van der Waals surface area contributed by atoms with E-state index in [0.29, 0.717) is 28.7 Å². The smallest absolute Gasteiger partial charge is 0.216 e. The van der Waals surface area contributed by atoms with E-state index in [-0.39, 0.29) is 0 Å². The van der Waals surface area contributed by atoms with Gasteiger partial charge in [-0.15, -0.1) is 0 Å². The summed E-state index contributed by atoms with van der Waals surface area (Å²) in [5.41, 5.74) is 2.73. The van der Waals surface area contributed by atoms with Crippen molar-refractivity contribution in [2.75, 3.05) is 7.11 Å². The molecule has 1 N–H and O–H groups in total. The predicted molar refractivity (Wildman–Crippen MR) is 117 cm³/mol. The molecule has 4 aromatic rings. The summed E-state index contributed by atoms with van der Waals surface area (Å²) in [6.07, 6.45) is 5.10. The summed E-state index contributed by atoms with van der Waals surface area (Å²) < 4.78 is 13.3. The molecule has 4 rings (SSSR count). The van der Waals surface area contributed by atoms with Crippen LogP contribution in [0.25, 0.3) is 11.4 Å². The van der Waals surface area contributed by atoms with Gasteiger partial charge in [-0.05, 0) is 53.7 Å². The van der Waals surface area contributed by atoms with Gasteiger partial charge in [-0.3, -0.25) is 4.98 Å². The quantitative estimate of drug-likeness (QED) is 0.355. The van der Waals surface area contributed by atoms with Gasteiger partial charge >= 0.3 is 0 Å². The molecule has 7 nitrogen and oxygen atoms in total. The van der Waals surface area contributed by atoms with E-state index in [1.165, 1.54) is 0 Å². The molecule has 30 heavy (non-hydrogen) atoms. The van der Waals surface area contributed by atoms with Crippen LogP contribution in [-0.2, 0) is 6.61 Å². The molecule has 0 aliphatic heterocycles. The van der Waals surface area contributed by atoms with Gasteiger partial charge < -0.3 is 9.47 Å². The number of methoxy groups -OCH3 is 1. The van der Waals surface area contributed by atoms with Crippen LogP contribution in [0.1, 0.15) is 11.1 Å². The Balaban J connectivity index is 1.55. The lowest BCUT2D eigenvalue weighted by Gasteiger charge is -2.11. The summed E-state index contributed by atoms with van der Waals surface area (Å²) in [4.78, 5) is 4.12.